The van der Waals surface area contributed by atoms with Gasteiger partial charge in [-0.25, -0.2) is 0 Å². The quantitative estimate of drug-likeness (QED) is 0.230. The maximum atomic E-state index is 11.5. The number of phenolic OH excluding ortho intramolecular Hbond substituents is 2. The number of hydrogen-bond acceptors (Lipinski definition) is 2. The van der Waals surface area contributed by atoms with Gasteiger partial charge in [-0.3, -0.25) is 0 Å². The molecule has 2 heteroatoms. The highest BCUT2D eigenvalue weighted by molar-refractivity contribution is 5.85. The van der Waals surface area contributed by atoms with Gasteiger partial charge in [-0.05, 0) is 57.6 Å². The molecule has 0 saturated heterocycles. The normalized spacial score (nSPS) is 11.1. The summed E-state index contributed by atoms with van der Waals surface area (Å²) in [5.74, 6) is 0.527. The minimum Gasteiger partial charge on any atom is -0.507 e. The predicted octanol–water partition coefficient (Wildman–Crippen LogP) is 9.92. The average Bonchev–Trinajstić information content (AvgIpc) is 3.02. The van der Waals surface area contributed by atoms with Crippen LogP contribution in [0.15, 0.2) is 146 Å². The maximum Gasteiger partial charge on any atom is 0.131 e. The SMILES string of the molecule is CC(c1cc(-c2ccccc2)c(O)c(-c2ccccc2)c1)c1cc(-c2ccccc2)c(O)c(-c2ccccc2)c1. The van der Waals surface area contributed by atoms with Gasteiger partial charge in [0.1, 0.15) is 11.5 Å². The molecule has 6 rings (SSSR count). The van der Waals surface area contributed by atoms with Crippen LogP contribution in [0.2, 0.25) is 0 Å². The molecule has 0 spiro atoms. The van der Waals surface area contributed by atoms with Gasteiger partial charge in [-0.15, -0.1) is 0 Å². The van der Waals surface area contributed by atoms with Crippen molar-refractivity contribution in [3.63, 3.8) is 0 Å². The van der Waals surface area contributed by atoms with E-state index in [1.54, 1.807) is 0 Å². The maximum absolute atomic E-state index is 11.5. The Hall–Kier alpha value is -5.08. The highest BCUT2D eigenvalue weighted by atomic mass is 16.3. The molecule has 0 aliphatic rings. The van der Waals surface area contributed by atoms with E-state index in [4.69, 9.17) is 0 Å². The van der Waals surface area contributed by atoms with Gasteiger partial charge in [-0.1, -0.05) is 128 Å². The lowest BCUT2D eigenvalue weighted by atomic mass is 9.84. The Morgan fingerprint density at radius 1 is 0.375 bits per heavy atom. The van der Waals surface area contributed by atoms with Crippen LogP contribution in [0.3, 0.4) is 0 Å². The van der Waals surface area contributed by atoms with Crippen LogP contribution < -0.4 is 0 Å². The molecule has 0 aliphatic heterocycles. The Bertz CT molecular complexity index is 1490. The van der Waals surface area contributed by atoms with E-state index in [1.165, 1.54) is 0 Å². The first kappa shape index (κ1) is 25.2. The lowest BCUT2D eigenvalue weighted by Gasteiger charge is -2.21. The van der Waals surface area contributed by atoms with Crippen LogP contribution >= 0.6 is 0 Å². The Labute approximate surface area is 235 Å². The summed E-state index contributed by atoms with van der Waals surface area (Å²) in [4.78, 5) is 0. The van der Waals surface area contributed by atoms with Crippen LogP contribution in [0, 0.1) is 0 Å². The summed E-state index contributed by atoms with van der Waals surface area (Å²) in [5.41, 5.74) is 9.22. The van der Waals surface area contributed by atoms with Crippen LogP contribution in [0.4, 0.5) is 0 Å². The fourth-order valence-corrected chi connectivity index (χ4v) is 5.36. The summed E-state index contributed by atoms with van der Waals surface area (Å²) in [7, 11) is 0. The number of hydrogen-bond donors (Lipinski definition) is 2. The third kappa shape index (κ3) is 4.88. The van der Waals surface area contributed by atoms with Crippen LogP contribution in [0.25, 0.3) is 44.5 Å². The van der Waals surface area contributed by atoms with Crippen molar-refractivity contribution in [2.75, 3.05) is 0 Å². The van der Waals surface area contributed by atoms with Crippen molar-refractivity contribution in [1.29, 1.82) is 0 Å². The fourth-order valence-electron chi connectivity index (χ4n) is 5.36. The Kier molecular flexibility index (Phi) is 6.91. The number of phenols is 2. The topological polar surface area (TPSA) is 40.5 Å². The van der Waals surface area contributed by atoms with E-state index in [2.05, 4.69) is 31.2 Å². The van der Waals surface area contributed by atoms with Gasteiger partial charge in [0.25, 0.3) is 0 Å². The van der Waals surface area contributed by atoms with E-state index in [9.17, 15) is 10.2 Å². The van der Waals surface area contributed by atoms with Crippen molar-refractivity contribution in [2.24, 2.45) is 0 Å². The molecule has 6 aromatic carbocycles. The molecule has 0 amide bonds. The van der Waals surface area contributed by atoms with Gasteiger partial charge < -0.3 is 10.2 Å². The first-order chi connectivity index (χ1) is 19.6. The van der Waals surface area contributed by atoms with Crippen molar-refractivity contribution < 1.29 is 10.2 Å². The molecule has 0 aliphatic carbocycles. The minimum absolute atomic E-state index is 0.0175. The van der Waals surface area contributed by atoms with Crippen molar-refractivity contribution in [3.05, 3.63) is 157 Å². The zero-order valence-electron chi connectivity index (χ0n) is 22.3. The smallest absolute Gasteiger partial charge is 0.131 e. The number of benzene rings is 6. The molecule has 2 nitrogen and oxygen atoms in total. The Balaban J connectivity index is 1.56. The van der Waals surface area contributed by atoms with E-state index in [0.717, 1.165) is 55.6 Å². The monoisotopic (exact) mass is 518 g/mol. The molecule has 0 heterocycles. The minimum atomic E-state index is -0.0175. The summed E-state index contributed by atoms with van der Waals surface area (Å²) < 4.78 is 0. The molecular formula is C38H30O2. The van der Waals surface area contributed by atoms with Crippen molar-refractivity contribution in [3.8, 4) is 56.0 Å². The first-order valence-corrected chi connectivity index (χ1v) is 13.6. The first-order valence-electron chi connectivity index (χ1n) is 13.6. The Morgan fingerprint density at radius 3 is 0.825 bits per heavy atom. The van der Waals surface area contributed by atoms with Gasteiger partial charge in [0.15, 0.2) is 0 Å². The van der Waals surface area contributed by atoms with Gasteiger partial charge in [0.05, 0.1) is 0 Å². The zero-order valence-corrected chi connectivity index (χ0v) is 22.3. The molecule has 0 bridgehead atoms. The second-order valence-electron chi connectivity index (χ2n) is 10.1. The van der Waals surface area contributed by atoms with E-state index >= 15 is 0 Å². The van der Waals surface area contributed by atoms with Gasteiger partial charge >= 0.3 is 0 Å². The van der Waals surface area contributed by atoms with Crippen molar-refractivity contribution in [2.45, 2.75) is 12.8 Å². The zero-order chi connectivity index (χ0) is 27.5. The van der Waals surface area contributed by atoms with Crippen LogP contribution in [0.1, 0.15) is 24.0 Å². The van der Waals surface area contributed by atoms with Crippen molar-refractivity contribution >= 4 is 0 Å². The Morgan fingerprint density at radius 2 is 0.600 bits per heavy atom. The van der Waals surface area contributed by atoms with Crippen LogP contribution in [0.5, 0.6) is 11.5 Å². The molecule has 0 unspecified atom stereocenters. The summed E-state index contributed by atoms with van der Waals surface area (Å²) in [5, 5.41) is 22.9. The van der Waals surface area contributed by atoms with Gasteiger partial charge in [-0.2, -0.15) is 0 Å². The molecular weight excluding hydrogens is 488 g/mol. The highest BCUT2D eigenvalue weighted by Crippen LogP contribution is 2.45. The molecule has 2 N–H and O–H groups in total. The molecule has 0 atom stereocenters. The largest absolute Gasteiger partial charge is 0.507 e. The van der Waals surface area contributed by atoms with Crippen molar-refractivity contribution in [1.82, 2.24) is 0 Å². The van der Waals surface area contributed by atoms with Gasteiger partial charge in [0, 0.05) is 28.2 Å². The van der Waals surface area contributed by atoms with E-state index < -0.39 is 0 Å². The second kappa shape index (κ2) is 11.0. The second-order valence-corrected chi connectivity index (χ2v) is 10.1. The molecule has 0 fully saturated rings. The third-order valence-electron chi connectivity index (χ3n) is 7.60. The number of aromatic hydroxyl groups is 2. The van der Waals surface area contributed by atoms with Gasteiger partial charge in [0.2, 0.25) is 0 Å². The molecule has 0 saturated carbocycles. The lowest BCUT2D eigenvalue weighted by molar-refractivity contribution is 0.479. The van der Waals surface area contributed by atoms with Crippen LogP contribution in [-0.2, 0) is 0 Å². The lowest BCUT2D eigenvalue weighted by Crippen LogP contribution is -2.00. The van der Waals surface area contributed by atoms with Crippen LogP contribution in [-0.4, -0.2) is 10.2 Å². The number of rotatable bonds is 6. The third-order valence-corrected chi connectivity index (χ3v) is 7.60. The molecule has 0 radical (unpaired) electrons. The predicted molar refractivity (Wildman–Crippen MR) is 165 cm³/mol. The molecule has 40 heavy (non-hydrogen) atoms. The van der Waals surface area contributed by atoms with E-state index in [0.29, 0.717) is 0 Å². The van der Waals surface area contributed by atoms with E-state index in [-0.39, 0.29) is 17.4 Å². The standard InChI is InChI=1S/C38H30O2/c1-26(31-22-33(27-14-6-2-7-15-27)37(39)34(23-31)28-16-8-3-9-17-28)32-24-35(29-18-10-4-11-19-29)38(40)36(25-32)30-20-12-5-13-21-30/h2-26,39-40H,1H3. The average molecular weight is 519 g/mol. The molecule has 0 aromatic heterocycles. The summed E-state index contributed by atoms with van der Waals surface area (Å²) in [6.45, 7) is 2.19. The summed E-state index contributed by atoms with van der Waals surface area (Å²) >= 11 is 0. The molecule has 194 valence electrons. The fraction of sp³-hybridized carbons (Fsp3) is 0.0526. The summed E-state index contributed by atoms with van der Waals surface area (Å²) in [6, 6.07) is 48.5. The summed E-state index contributed by atoms with van der Waals surface area (Å²) in [6.07, 6.45) is 0. The highest BCUT2D eigenvalue weighted by Gasteiger charge is 2.21. The molecule has 6 aromatic rings. The van der Waals surface area contributed by atoms with E-state index in [1.807, 2.05) is 121 Å².